The Morgan fingerprint density at radius 1 is 1.08 bits per heavy atom. The van der Waals surface area contributed by atoms with Crippen LogP contribution in [0, 0.1) is 5.92 Å². The maximum absolute atomic E-state index is 11.9. The summed E-state index contributed by atoms with van der Waals surface area (Å²) in [6, 6.07) is 1.22. The number of hydrogen-bond acceptors (Lipinski definition) is 3. The number of carbonyl (C=O) groups is 1. The molecular formula is C19H36N4O2. The molecule has 25 heavy (non-hydrogen) atoms. The number of ether oxygens (including phenoxy) is 1. The van der Waals surface area contributed by atoms with Crippen LogP contribution < -0.4 is 16.0 Å². The van der Waals surface area contributed by atoms with Gasteiger partial charge >= 0.3 is 6.09 Å². The van der Waals surface area contributed by atoms with Crippen LogP contribution in [-0.4, -0.2) is 42.8 Å². The van der Waals surface area contributed by atoms with E-state index in [4.69, 9.17) is 4.74 Å². The lowest BCUT2D eigenvalue weighted by Gasteiger charge is -2.31. The second kappa shape index (κ2) is 8.77. The summed E-state index contributed by atoms with van der Waals surface area (Å²) in [5.74, 6) is 1.74. The second-order valence-corrected chi connectivity index (χ2v) is 8.45. The predicted molar refractivity (Wildman–Crippen MR) is 102 cm³/mol. The Balaban J connectivity index is 1.66. The molecule has 2 fully saturated rings. The van der Waals surface area contributed by atoms with Crippen molar-refractivity contribution in [2.24, 2.45) is 10.9 Å². The monoisotopic (exact) mass is 352 g/mol. The van der Waals surface area contributed by atoms with Gasteiger partial charge in [-0.2, -0.15) is 0 Å². The van der Waals surface area contributed by atoms with Crippen molar-refractivity contribution in [2.75, 3.05) is 7.05 Å². The summed E-state index contributed by atoms with van der Waals surface area (Å²) >= 11 is 0. The van der Waals surface area contributed by atoms with Gasteiger partial charge in [0.2, 0.25) is 0 Å². The van der Waals surface area contributed by atoms with Crippen molar-refractivity contribution < 1.29 is 9.53 Å². The second-order valence-electron chi connectivity index (χ2n) is 8.45. The van der Waals surface area contributed by atoms with E-state index in [1.807, 2.05) is 27.8 Å². The summed E-state index contributed by atoms with van der Waals surface area (Å²) in [6.07, 6.45) is 7.51. The molecule has 1 amide bonds. The Morgan fingerprint density at radius 3 is 2.20 bits per heavy atom. The Morgan fingerprint density at radius 2 is 1.68 bits per heavy atom. The third-order valence-corrected chi connectivity index (χ3v) is 4.92. The SMILES string of the molecule is CCCC1CC1NC(=NC)NC1CCC(NC(=O)OC(C)(C)C)CC1. The number of alkyl carbamates (subject to hydrolysis) is 1. The Labute approximate surface area is 152 Å². The van der Waals surface area contributed by atoms with Crippen molar-refractivity contribution in [1.82, 2.24) is 16.0 Å². The molecule has 0 bridgehead atoms. The van der Waals surface area contributed by atoms with Crippen LogP contribution in [0.3, 0.4) is 0 Å². The van der Waals surface area contributed by atoms with Gasteiger partial charge in [-0.3, -0.25) is 4.99 Å². The van der Waals surface area contributed by atoms with Crippen LogP contribution in [0.1, 0.15) is 72.6 Å². The standard InChI is InChI=1S/C19H36N4O2/c1-6-7-13-12-16(13)23-17(20-5)21-14-8-10-15(11-9-14)22-18(24)25-19(2,3)4/h13-16H,6-12H2,1-5H3,(H,22,24)(H2,20,21,23). The highest BCUT2D eigenvalue weighted by atomic mass is 16.6. The summed E-state index contributed by atoms with van der Waals surface area (Å²) in [6.45, 7) is 7.90. The first kappa shape index (κ1) is 19.9. The number of nitrogens with one attached hydrogen (secondary N) is 3. The van der Waals surface area contributed by atoms with Gasteiger partial charge in [0.05, 0.1) is 0 Å². The zero-order valence-corrected chi connectivity index (χ0v) is 16.5. The van der Waals surface area contributed by atoms with E-state index in [0.717, 1.165) is 37.6 Å². The average Bonchev–Trinajstić information content (AvgIpc) is 3.24. The summed E-state index contributed by atoms with van der Waals surface area (Å²) in [5, 5.41) is 10.1. The molecule has 2 aliphatic rings. The number of amides is 1. The van der Waals surface area contributed by atoms with Crippen molar-refractivity contribution >= 4 is 12.1 Å². The Bertz CT molecular complexity index is 465. The molecule has 0 aromatic carbocycles. The fourth-order valence-electron chi connectivity index (χ4n) is 3.51. The van der Waals surface area contributed by atoms with Crippen LogP contribution in [0.15, 0.2) is 4.99 Å². The van der Waals surface area contributed by atoms with Crippen molar-refractivity contribution in [3.8, 4) is 0 Å². The van der Waals surface area contributed by atoms with E-state index >= 15 is 0 Å². The first-order valence-corrected chi connectivity index (χ1v) is 9.80. The maximum Gasteiger partial charge on any atom is 0.407 e. The summed E-state index contributed by atoms with van der Waals surface area (Å²) in [7, 11) is 1.84. The van der Waals surface area contributed by atoms with Crippen LogP contribution in [0.4, 0.5) is 4.79 Å². The number of aliphatic imine (C=N–C) groups is 1. The fourth-order valence-corrected chi connectivity index (χ4v) is 3.51. The minimum absolute atomic E-state index is 0.209. The Kier molecular flexibility index (Phi) is 6.96. The van der Waals surface area contributed by atoms with E-state index < -0.39 is 5.60 Å². The molecule has 6 nitrogen and oxygen atoms in total. The third-order valence-electron chi connectivity index (χ3n) is 4.92. The van der Waals surface area contributed by atoms with Gasteiger partial charge in [-0.25, -0.2) is 4.79 Å². The number of guanidine groups is 1. The molecule has 0 heterocycles. The van der Waals surface area contributed by atoms with Gasteiger partial charge in [0.15, 0.2) is 5.96 Å². The first-order chi connectivity index (χ1) is 11.8. The van der Waals surface area contributed by atoms with E-state index in [9.17, 15) is 4.79 Å². The topological polar surface area (TPSA) is 74.8 Å². The lowest BCUT2D eigenvalue weighted by atomic mass is 9.91. The number of nitrogens with zero attached hydrogens (tertiary/aromatic N) is 1. The minimum atomic E-state index is -0.445. The van der Waals surface area contributed by atoms with E-state index in [2.05, 4.69) is 27.9 Å². The normalized spacial score (nSPS) is 29.7. The molecule has 0 aromatic rings. The highest BCUT2D eigenvalue weighted by Crippen LogP contribution is 2.34. The van der Waals surface area contributed by atoms with Gasteiger partial charge in [-0.15, -0.1) is 0 Å². The molecule has 0 spiro atoms. The van der Waals surface area contributed by atoms with Crippen LogP contribution in [-0.2, 0) is 4.74 Å². The van der Waals surface area contributed by atoms with Gasteiger partial charge in [-0.05, 0) is 65.2 Å². The van der Waals surface area contributed by atoms with E-state index in [0.29, 0.717) is 12.1 Å². The van der Waals surface area contributed by atoms with E-state index in [1.54, 1.807) is 0 Å². The fraction of sp³-hybridized carbons (Fsp3) is 0.895. The quantitative estimate of drug-likeness (QED) is 0.525. The molecule has 0 radical (unpaired) electrons. The molecule has 2 aliphatic carbocycles. The smallest absolute Gasteiger partial charge is 0.407 e. The molecule has 0 aromatic heterocycles. The van der Waals surface area contributed by atoms with Crippen molar-refractivity contribution in [3.63, 3.8) is 0 Å². The van der Waals surface area contributed by atoms with Gasteiger partial charge in [0.25, 0.3) is 0 Å². The molecule has 2 unspecified atom stereocenters. The van der Waals surface area contributed by atoms with Crippen molar-refractivity contribution in [2.45, 2.75) is 96.4 Å². The van der Waals surface area contributed by atoms with E-state index in [1.165, 1.54) is 19.3 Å². The molecule has 6 heteroatoms. The molecule has 144 valence electrons. The zero-order valence-electron chi connectivity index (χ0n) is 16.5. The Hall–Kier alpha value is -1.46. The largest absolute Gasteiger partial charge is 0.444 e. The average molecular weight is 353 g/mol. The molecular weight excluding hydrogens is 316 g/mol. The molecule has 3 N–H and O–H groups in total. The van der Waals surface area contributed by atoms with Crippen molar-refractivity contribution in [3.05, 3.63) is 0 Å². The van der Waals surface area contributed by atoms with Gasteiger partial charge < -0.3 is 20.7 Å². The van der Waals surface area contributed by atoms with Gasteiger partial charge in [0, 0.05) is 25.2 Å². The molecule has 2 rings (SSSR count). The lowest BCUT2D eigenvalue weighted by molar-refractivity contribution is 0.0490. The maximum atomic E-state index is 11.9. The zero-order chi connectivity index (χ0) is 18.4. The highest BCUT2D eigenvalue weighted by molar-refractivity contribution is 5.80. The number of rotatable bonds is 5. The molecule has 0 saturated heterocycles. The van der Waals surface area contributed by atoms with Crippen LogP contribution in [0.5, 0.6) is 0 Å². The first-order valence-electron chi connectivity index (χ1n) is 9.80. The minimum Gasteiger partial charge on any atom is -0.444 e. The van der Waals surface area contributed by atoms with Gasteiger partial charge in [0.1, 0.15) is 5.60 Å². The highest BCUT2D eigenvalue weighted by Gasteiger charge is 2.37. The summed E-state index contributed by atoms with van der Waals surface area (Å²) < 4.78 is 5.34. The number of hydrogen-bond donors (Lipinski definition) is 3. The predicted octanol–water partition coefficient (Wildman–Crippen LogP) is 3.18. The lowest BCUT2D eigenvalue weighted by Crippen LogP contribution is -2.48. The van der Waals surface area contributed by atoms with Crippen molar-refractivity contribution in [1.29, 1.82) is 0 Å². The summed E-state index contributed by atoms with van der Waals surface area (Å²) in [5.41, 5.74) is -0.445. The third kappa shape index (κ3) is 7.12. The van der Waals surface area contributed by atoms with Crippen LogP contribution in [0.25, 0.3) is 0 Å². The molecule has 2 atom stereocenters. The summed E-state index contributed by atoms with van der Waals surface area (Å²) in [4.78, 5) is 16.2. The van der Waals surface area contributed by atoms with E-state index in [-0.39, 0.29) is 12.1 Å². The molecule has 0 aliphatic heterocycles. The van der Waals surface area contributed by atoms with Gasteiger partial charge in [-0.1, -0.05) is 13.3 Å². The number of carbonyl (C=O) groups excluding carboxylic acids is 1. The molecule has 2 saturated carbocycles. The van der Waals surface area contributed by atoms with Crippen LogP contribution in [0.2, 0.25) is 0 Å². The van der Waals surface area contributed by atoms with Crippen LogP contribution >= 0.6 is 0 Å².